The zero-order valence-electron chi connectivity index (χ0n) is 15.9. The van der Waals surface area contributed by atoms with E-state index < -0.39 is 0 Å². The molecular weight excluding hydrogens is 330 g/mol. The van der Waals surface area contributed by atoms with Gasteiger partial charge in [-0.1, -0.05) is 0 Å². The Morgan fingerprint density at radius 1 is 1.19 bits per heavy atom. The van der Waals surface area contributed by atoms with Crippen molar-refractivity contribution in [3.8, 4) is 11.5 Å². The van der Waals surface area contributed by atoms with Crippen molar-refractivity contribution in [3.05, 3.63) is 23.8 Å². The minimum absolute atomic E-state index is 0.288. The molecule has 1 aliphatic carbocycles. The Morgan fingerprint density at radius 2 is 2.04 bits per heavy atom. The Labute approximate surface area is 156 Å². The van der Waals surface area contributed by atoms with Crippen LogP contribution in [0.1, 0.15) is 44.1 Å². The average molecular weight is 361 g/mol. The molecule has 0 aromatic heterocycles. The van der Waals surface area contributed by atoms with E-state index in [2.05, 4.69) is 21.7 Å². The summed E-state index contributed by atoms with van der Waals surface area (Å²) in [6, 6.07) is 6.02. The highest BCUT2D eigenvalue weighted by Crippen LogP contribution is 2.30. The summed E-state index contributed by atoms with van der Waals surface area (Å²) in [5, 5.41) is 6.72. The van der Waals surface area contributed by atoms with Crippen LogP contribution < -0.4 is 20.1 Å². The summed E-state index contributed by atoms with van der Waals surface area (Å²) in [5.74, 6) is 2.50. The molecule has 1 unspecified atom stereocenters. The first-order valence-electron chi connectivity index (χ1n) is 9.68. The maximum Gasteiger partial charge on any atom is 0.191 e. The number of benzene rings is 1. The number of aliphatic imine (C=N–C) groups is 1. The third-order valence-corrected chi connectivity index (χ3v) is 5.06. The van der Waals surface area contributed by atoms with Crippen molar-refractivity contribution in [1.29, 1.82) is 0 Å². The minimum atomic E-state index is 0.288. The van der Waals surface area contributed by atoms with Gasteiger partial charge in [0.05, 0.1) is 19.3 Å². The molecule has 1 aromatic carbocycles. The fourth-order valence-electron chi connectivity index (χ4n) is 3.52. The summed E-state index contributed by atoms with van der Waals surface area (Å²) < 4.78 is 17.3. The Balaban J connectivity index is 1.57. The molecule has 2 fully saturated rings. The predicted octanol–water partition coefficient (Wildman–Crippen LogP) is 2.86. The molecule has 1 aliphatic heterocycles. The summed E-state index contributed by atoms with van der Waals surface area (Å²) in [4.78, 5) is 4.30. The van der Waals surface area contributed by atoms with Crippen LogP contribution in [0.3, 0.4) is 0 Å². The van der Waals surface area contributed by atoms with E-state index in [0.717, 1.165) is 61.9 Å². The second-order valence-electron chi connectivity index (χ2n) is 6.94. The lowest BCUT2D eigenvalue weighted by molar-refractivity contribution is 0.114. The smallest absolute Gasteiger partial charge is 0.191 e. The van der Waals surface area contributed by atoms with Gasteiger partial charge in [0.25, 0.3) is 0 Å². The maximum atomic E-state index is 6.26. The predicted molar refractivity (Wildman–Crippen MR) is 103 cm³/mol. The summed E-state index contributed by atoms with van der Waals surface area (Å²) in [5.41, 5.74) is 1.11. The van der Waals surface area contributed by atoms with Crippen LogP contribution >= 0.6 is 0 Å². The van der Waals surface area contributed by atoms with Gasteiger partial charge in [-0.3, -0.25) is 4.99 Å². The van der Waals surface area contributed by atoms with Crippen molar-refractivity contribution in [2.45, 2.75) is 57.3 Å². The molecule has 1 heterocycles. The summed E-state index contributed by atoms with van der Waals surface area (Å²) in [6.45, 7) is 2.30. The van der Waals surface area contributed by atoms with Gasteiger partial charge >= 0.3 is 0 Å². The number of methoxy groups -OCH3 is 1. The monoisotopic (exact) mass is 361 g/mol. The molecule has 3 rings (SSSR count). The van der Waals surface area contributed by atoms with Gasteiger partial charge in [-0.15, -0.1) is 0 Å². The van der Waals surface area contributed by atoms with Crippen molar-refractivity contribution in [1.82, 2.24) is 10.6 Å². The first-order chi connectivity index (χ1) is 12.8. The van der Waals surface area contributed by atoms with Gasteiger partial charge in [0, 0.05) is 38.4 Å². The second-order valence-corrected chi connectivity index (χ2v) is 6.94. The van der Waals surface area contributed by atoms with Crippen molar-refractivity contribution in [2.75, 3.05) is 27.3 Å². The fraction of sp³-hybridized carbons (Fsp3) is 0.650. The summed E-state index contributed by atoms with van der Waals surface area (Å²) >= 11 is 0. The highest BCUT2D eigenvalue weighted by Gasteiger charge is 2.19. The van der Waals surface area contributed by atoms with E-state index in [9.17, 15) is 0 Å². The number of guanidine groups is 1. The van der Waals surface area contributed by atoms with Crippen LogP contribution in [-0.2, 0) is 11.3 Å². The van der Waals surface area contributed by atoms with Gasteiger partial charge in [-0.2, -0.15) is 0 Å². The molecule has 0 spiro atoms. The molecule has 1 saturated carbocycles. The van der Waals surface area contributed by atoms with E-state index in [-0.39, 0.29) is 6.10 Å². The van der Waals surface area contributed by atoms with E-state index in [0.29, 0.717) is 12.6 Å². The van der Waals surface area contributed by atoms with E-state index in [1.54, 1.807) is 14.2 Å². The van der Waals surface area contributed by atoms with Crippen LogP contribution in [0.25, 0.3) is 0 Å². The topological polar surface area (TPSA) is 64.1 Å². The summed E-state index contributed by atoms with van der Waals surface area (Å²) in [6.07, 6.45) is 7.63. The Hall–Kier alpha value is -1.95. The molecule has 6 nitrogen and oxygen atoms in total. The Bertz CT molecular complexity index is 594. The quantitative estimate of drug-likeness (QED) is 0.578. The van der Waals surface area contributed by atoms with Crippen molar-refractivity contribution >= 4 is 5.96 Å². The molecule has 0 bridgehead atoms. The minimum Gasteiger partial charge on any atom is -0.497 e. The normalized spacial score (nSPS) is 21.0. The Morgan fingerprint density at radius 3 is 2.73 bits per heavy atom. The third-order valence-electron chi connectivity index (χ3n) is 5.06. The van der Waals surface area contributed by atoms with Crippen LogP contribution in [0.2, 0.25) is 0 Å². The Kier molecular flexibility index (Phi) is 7.00. The number of nitrogens with one attached hydrogen (secondary N) is 2. The van der Waals surface area contributed by atoms with E-state index in [1.165, 1.54) is 12.8 Å². The molecule has 1 atom stereocenters. The van der Waals surface area contributed by atoms with Crippen molar-refractivity contribution in [3.63, 3.8) is 0 Å². The van der Waals surface area contributed by atoms with Gasteiger partial charge in [0.1, 0.15) is 11.5 Å². The van der Waals surface area contributed by atoms with Crippen molar-refractivity contribution in [2.24, 2.45) is 4.99 Å². The number of hydrogen-bond acceptors (Lipinski definition) is 4. The largest absolute Gasteiger partial charge is 0.497 e. The molecule has 1 saturated heterocycles. The summed E-state index contributed by atoms with van der Waals surface area (Å²) in [7, 11) is 3.47. The highest BCUT2D eigenvalue weighted by molar-refractivity contribution is 5.79. The highest BCUT2D eigenvalue weighted by atomic mass is 16.5. The molecule has 144 valence electrons. The fourth-order valence-corrected chi connectivity index (χ4v) is 3.52. The molecule has 2 aliphatic rings. The number of nitrogens with zero attached hydrogens (tertiary/aromatic N) is 1. The molecular formula is C20H31N3O3. The molecule has 0 radical (unpaired) electrons. The molecule has 0 amide bonds. The van der Waals surface area contributed by atoms with Gasteiger partial charge < -0.3 is 24.8 Å². The van der Waals surface area contributed by atoms with Gasteiger partial charge in [-0.25, -0.2) is 0 Å². The van der Waals surface area contributed by atoms with E-state index in [1.807, 2.05) is 12.1 Å². The first kappa shape index (κ1) is 18.8. The van der Waals surface area contributed by atoms with Crippen LogP contribution in [0.4, 0.5) is 0 Å². The zero-order valence-corrected chi connectivity index (χ0v) is 15.9. The lowest BCUT2D eigenvalue weighted by Gasteiger charge is -2.19. The standard InChI is InChI=1S/C20H31N3O3/c1-21-20(23-14-18-8-5-11-25-18)22-13-15-9-10-17(24-2)12-19(15)26-16-6-3-4-7-16/h9-10,12,16,18H,3-8,11,13-14H2,1-2H3,(H2,21,22,23). The average Bonchev–Trinajstić information content (AvgIpc) is 3.36. The third kappa shape index (κ3) is 5.27. The second kappa shape index (κ2) is 9.67. The maximum absolute atomic E-state index is 6.26. The van der Waals surface area contributed by atoms with Gasteiger partial charge in [0.15, 0.2) is 5.96 Å². The molecule has 26 heavy (non-hydrogen) atoms. The zero-order chi connectivity index (χ0) is 18.2. The van der Waals surface area contributed by atoms with Crippen molar-refractivity contribution < 1.29 is 14.2 Å². The first-order valence-corrected chi connectivity index (χ1v) is 9.68. The lowest BCUT2D eigenvalue weighted by Crippen LogP contribution is -2.40. The van der Waals surface area contributed by atoms with E-state index in [4.69, 9.17) is 14.2 Å². The van der Waals surface area contributed by atoms with Gasteiger partial charge in [-0.05, 0) is 50.7 Å². The molecule has 1 aromatic rings. The lowest BCUT2D eigenvalue weighted by atomic mass is 10.2. The number of rotatable bonds is 7. The van der Waals surface area contributed by atoms with Crippen LogP contribution in [-0.4, -0.2) is 45.5 Å². The van der Waals surface area contributed by atoms with E-state index >= 15 is 0 Å². The van der Waals surface area contributed by atoms with Crippen LogP contribution in [0.5, 0.6) is 11.5 Å². The SMILES string of the molecule is CN=C(NCc1ccc(OC)cc1OC1CCCC1)NCC1CCCO1. The van der Waals surface area contributed by atoms with Crippen LogP contribution in [0.15, 0.2) is 23.2 Å². The molecule has 2 N–H and O–H groups in total. The van der Waals surface area contributed by atoms with Gasteiger partial charge in [0.2, 0.25) is 0 Å². The van der Waals surface area contributed by atoms with Crippen LogP contribution in [0, 0.1) is 0 Å². The molecule has 6 heteroatoms. The number of hydrogen-bond donors (Lipinski definition) is 2. The number of ether oxygens (including phenoxy) is 3.